The number of fused-ring (bicyclic) bond motifs is 1. The largest absolute Gasteiger partial charge is 0.350 e. The molecule has 0 aliphatic carbocycles. The summed E-state index contributed by atoms with van der Waals surface area (Å²) in [6.07, 6.45) is 0.786. The van der Waals surface area contributed by atoms with Crippen LogP contribution in [0.4, 0.5) is 4.39 Å². The molecule has 0 unspecified atom stereocenters. The van der Waals surface area contributed by atoms with Crippen molar-refractivity contribution in [3.63, 3.8) is 0 Å². The van der Waals surface area contributed by atoms with Crippen molar-refractivity contribution in [2.75, 3.05) is 0 Å². The summed E-state index contributed by atoms with van der Waals surface area (Å²) in [5.41, 5.74) is 2.45. The standard InChI is InChI=1S/C21H23FN2O2/c1-3-14(2)19(20(25)23-12-15-8-10-17(22)11-9-15)24-13-16-6-4-5-7-18(16)21(24)26/h4-11,14,19H,3,12-13H2,1-2H3,(H,23,25)/t14-,19-/m0/s1. The van der Waals surface area contributed by atoms with Crippen LogP contribution in [0.3, 0.4) is 0 Å². The molecule has 5 heteroatoms. The monoisotopic (exact) mass is 354 g/mol. The van der Waals surface area contributed by atoms with Gasteiger partial charge in [-0.05, 0) is 35.2 Å². The second-order valence-electron chi connectivity index (χ2n) is 6.76. The summed E-state index contributed by atoms with van der Waals surface area (Å²) in [5.74, 6) is -0.549. The highest BCUT2D eigenvalue weighted by molar-refractivity contribution is 6.01. The molecule has 0 fully saturated rings. The molecule has 0 bridgehead atoms. The number of halogens is 1. The fraction of sp³-hybridized carbons (Fsp3) is 0.333. The lowest BCUT2D eigenvalue weighted by Gasteiger charge is -2.31. The number of amides is 2. The van der Waals surface area contributed by atoms with Crippen LogP contribution in [0.1, 0.15) is 41.8 Å². The minimum atomic E-state index is -0.527. The summed E-state index contributed by atoms with van der Waals surface area (Å²) in [7, 11) is 0. The number of hydrogen-bond acceptors (Lipinski definition) is 2. The predicted octanol–water partition coefficient (Wildman–Crippen LogP) is 3.51. The van der Waals surface area contributed by atoms with E-state index in [2.05, 4.69) is 5.32 Å². The molecular weight excluding hydrogens is 331 g/mol. The third-order valence-corrected chi connectivity index (χ3v) is 5.02. The van der Waals surface area contributed by atoms with Crippen LogP contribution < -0.4 is 5.32 Å². The quantitative estimate of drug-likeness (QED) is 0.863. The average molecular weight is 354 g/mol. The van der Waals surface area contributed by atoms with E-state index in [1.54, 1.807) is 17.0 Å². The van der Waals surface area contributed by atoms with E-state index in [0.29, 0.717) is 18.7 Å². The maximum atomic E-state index is 13.0. The Labute approximate surface area is 153 Å². The minimum absolute atomic E-state index is 0.0291. The van der Waals surface area contributed by atoms with Gasteiger partial charge >= 0.3 is 0 Å². The number of carbonyl (C=O) groups excluding carboxylic acids is 2. The van der Waals surface area contributed by atoms with E-state index in [1.165, 1.54) is 12.1 Å². The molecule has 2 aromatic carbocycles. The molecule has 0 aromatic heterocycles. The topological polar surface area (TPSA) is 49.4 Å². The first-order valence-corrected chi connectivity index (χ1v) is 8.92. The van der Waals surface area contributed by atoms with E-state index in [1.807, 2.05) is 38.1 Å². The Hall–Kier alpha value is -2.69. The first-order chi connectivity index (χ1) is 12.5. The summed E-state index contributed by atoms with van der Waals surface area (Å²) in [5, 5.41) is 2.90. The molecule has 1 aliphatic rings. The van der Waals surface area contributed by atoms with Crippen molar-refractivity contribution in [2.45, 2.75) is 39.4 Å². The van der Waals surface area contributed by atoms with E-state index in [9.17, 15) is 14.0 Å². The van der Waals surface area contributed by atoms with Crippen LogP contribution in [0.5, 0.6) is 0 Å². The summed E-state index contributed by atoms with van der Waals surface area (Å²) >= 11 is 0. The minimum Gasteiger partial charge on any atom is -0.350 e. The van der Waals surface area contributed by atoms with Gasteiger partial charge in [0.1, 0.15) is 11.9 Å². The number of nitrogens with zero attached hydrogens (tertiary/aromatic N) is 1. The van der Waals surface area contributed by atoms with Crippen LogP contribution in [0.2, 0.25) is 0 Å². The molecule has 26 heavy (non-hydrogen) atoms. The van der Waals surface area contributed by atoms with Gasteiger partial charge in [-0.2, -0.15) is 0 Å². The summed E-state index contributed by atoms with van der Waals surface area (Å²) in [4.78, 5) is 27.3. The lowest BCUT2D eigenvalue weighted by molar-refractivity contribution is -0.127. The molecule has 2 atom stereocenters. The number of hydrogen-bond donors (Lipinski definition) is 1. The highest BCUT2D eigenvalue weighted by Gasteiger charge is 2.38. The van der Waals surface area contributed by atoms with Crippen molar-refractivity contribution in [1.82, 2.24) is 10.2 Å². The van der Waals surface area contributed by atoms with Gasteiger partial charge in [0, 0.05) is 18.7 Å². The van der Waals surface area contributed by atoms with Crippen molar-refractivity contribution in [2.24, 2.45) is 5.92 Å². The molecule has 2 amide bonds. The van der Waals surface area contributed by atoms with E-state index in [4.69, 9.17) is 0 Å². The summed E-state index contributed by atoms with van der Waals surface area (Å²) in [6.45, 7) is 4.76. The Morgan fingerprint density at radius 2 is 1.88 bits per heavy atom. The second kappa shape index (κ2) is 7.68. The summed E-state index contributed by atoms with van der Waals surface area (Å²) in [6, 6.07) is 13.0. The van der Waals surface area contributed by atoms with Gasteiger partial charge in [-0.3, -0.25) is 9.59 Å². The number of benzene rings is 2. The Morgan fingerprint density at radius 1 is 1.19 bits per heavy atom. The van der Waals surface area contributed by atoms with Crippen LogP contribution in [-0.2, 0) is 17.9 Å². The average Bonchev–Trinajstić information content (AvgIpc) is 2.98. The van der Waals surface area contributed by atoms with Gasteiger partial charge in [0.05, 0.1) is 0 Å². The molecule has 0 saturated carbocycles. The normalized spacial score (nSPS) is 15.5. The SMILES string of the molecule is CC[C@H](C)[C@@H](C(=O)NCc1ccc(F)cc1)N1Cc2ccccc2C1=O. The highest BCUT2D eigenvalue weighted by atomic mass is 19.1. The van der Waals surface area contributed by atoms with E-state index in [0.717, 1.165) is 17.5 Å². The van der Waals surface area contributed by atoms with E-state index >= 15 is 0 Å². The van der Waals surface area contributed by atoms with Crippen LogP contribution in [-0.4, -0.2) is 22.8 Å². The van der Waals surface area contributed by atoms with Crippen LogP contribution in [0, 0.1) is 11.7 Å². The molecule has 136 valence electrons. The lowest BCUT2D eigenvalue weighted by atomic mass is 9.96. The maximum Gasteiger partial charge on any atom is 0.255 e. The number of rotatable bonds is 6. The Balaban J connectivity index is 1.75. The van der Waals surface area contributed by atoms with E-state index in [-0.39, 0.29) is 23.5 Å². The Bertz CT molecular complexity index is 804. The van der Waals surface area contributed by atoms with E-state index < -0.39 is 6.04 Å². The summed E-state index contributed by atoms with van der Waals surface area (Å²) < 4.78 is 13.0. The van der Waals surface area contributed by atoms with Crippen LogP contribution in [0.25, 0.3) is 0 Å². The van der Waals surface area contributed by atoms with Crippen molar-refractivity contribution >= 4 is 11.8 Å². The van der Waals surface area contributed by atoms with Gasteiger partial charge in [-0.15, -0.1) is 0 Å². The molecule has 1 aliphatic heterocycles. The molecule has 0 saturated heterocycles. The smallest absolute Gasteiger partial charge is 0.255 e. The molecule has 4 nitrogen and oxygen atoms in total. The first kappa shape index (κ1) is 18.1. The van der Waals surface area contributed by atoms with Crippen LogP contribution >= 0.6 is 0 Å². The zero-order chi connectivity index (χ0) is 18.7. The fourth-order valence-electron chi connectivity index (χ4n) is 3.33. The molecule has 0 spiro atoms. The van der Waals surface area contributed by atoms with Gasteiger partial charge in [-0.1, -0.05) is 50.6 Å². The van der Waals surface area contributed by atoms with Gasteiger partial charge in [0.25, 0.3) is 5.91 Å². The Kier molecular flexibility index (Phi) is 5.35. The predicted molar refractivity (Wildman–Crippen MR) is 97.8 cm³/mol. The lowest BCUT2D eigenvalue weighted by Crippen LogP contribution is -2.50. The van der Waals surface area contributed by atoms with Crippen molar-refractivity contribution < 1.29 is 14.0 Å². The molecule has 1 N–H and O–H groups in total. The van der Waals surface area contributed by atoms with Crippen LogP contribution in [0.15, 0.2) is 48.5 Å². The van der Waals surface area contributed by atoms with Gasteiger partial charge in [0.15, 0.2) is 0 Å². The van der Waals surface area contributed by atoms with Gasteiger partial charge in [-0.25, -0.2) is 4.39 Å². The number of nitrogens with one attached hydrogen (secondary N) is 1. The second-order valence-corrected chi connectivity index (χ2v) is 6.76. The zero-order valence-corrected chi connectivity index (χ0v) is 15.0. The third-order valence-electron chi connectivity index (χ3n) is 5.02. The maximum absolute atomic E-state index is 13.0. The number of carbonyl (C=O) groups is 2. The molecular formula is C21H23FN2O2. The third kappa shape index (κ3) is 3.62. The van der Waals surface area contributed by atoms with Crippen molar-refractivity contribution in [3.8, 4) is 0 Å². The zero-order valence-electron chi connectivity index (χ0n) is 15.0. The highest BCUT2D eigenvalue weighted by Crippen LogP contribution is 2.28. The molecule has 3 rings (SSSR count). The fourth-order valence-corrected chi connectivity index (χ4v) is 3.33. The first-order valence-electron chi connectivity index (χ1n) is 8.92. The van der Waals surface area contributed by atoms with Gasteiger partial charge < -0.3 is 10.2 Å². The van der Waals surface area contributed by atoms with Gasteiger partial charge in [0.2, 0.25) is 5.91 Å². The molecule has 0 radical (unpaired) electrons. The Morgan fingerprint density at radius 3 is 2.54 bits per heavy atom. The van der Waals surface area contributed by atoms with Crippen molar-refractivity contribution in [1.29, 1.82) is 0 Å². The van der Waals surface area contributed by atoms with Crippen molar-refractivity contribution in [3.05, 3.63) is 71.0 Å². The molecule has 1 heterocycles. The molecule has 2 aromatic rings.